The zero-order chi connectivity index (χ0) is 12.3. The molecule has 96 valence electrons. The third-order valence-corrected chi connectivity index (χ3v) is 4.29. The standard InChI is InChI=1S/C14H25N3/c1-11-5-4-6-14(12(11)2)15-8-7-13-9-16-17(3)10-13/h9-12,14-15H,4-8H2,1-3H3. The Morgan fingerprint density at radius 3 is 2.94 bits per heavy atom. The Morgan fingerprint density at radius 2 is 2.24 bits per heavy atom. The summed E-state index contributed by atoms with van der Waals surface area (Å²) in [6, 6.07) is 0.718. The van der Waals surface area contributed by atoms with Crippen molar-refractivity contribution in [2.45, 2.75) is 45.6 Å². The highest BCUT2D eigenvalue weighted by atomic mass is 15.2. The van der Waals surface area contributed by atoms with Crippen molar-refractivity contribution in [3.05, 3.63) is 18.0 Å². The fourth-order valence-electron chi connectivity index (χ4n) is 2.87. The van der Waals surface area contributed by atoms with Crippen molar-refractivity contribution in [2.24, 2.45) is 18.9 Å². The Kier molecular flexibility index (Phi) is 4.21. The lowest BCUT2D eigenvalue weighted by Gasteiger charge is -2.34. The maximum Gasteiger partial charge on any atom is 0.0522 e. The Morgan fingerprint density at radius 1 is 1.41 bits per heavy atom. The Hall–Kier alpha value is -0.830. The van der Waals surface area contributed by atoms with Gasteiger partial charge in [-0.1, -0.05) is 26.7 Å². The van der Waals surface area contributed by atoms with Gasteiger partial charge in [-0.3, -0.25) is 4.68 Å². The van der Waals surface area contributed by atoms with Crippen molar-refractivity contribution < 1.29 is 0 Å². The molecule has 1 aliphatic carbocycles. The van der Waals surface area contributed by atoms with Gasteiger partial charge < -0.3 is 5.32 Å². The number of aromatic nitrogens is 2. The predicted octanol–water partition coefficient (Wildman–Crippen LogP) is 2.38. The zero-order valence-corrected chi connectivity index (χ0v) is 11.3. The molecule has 3 atom stereocenters. The lowest BCUT2D eigenvalue weighted by molar-refractivity contribution is 0.208. The summed E-state index contributed by atoms with van der Waals surface area (Å²) >= 11 is 0. The van der Waals surface area contributed by atoms with E-state index in [1.807, 2.05) is 17.9 Å². The monoisotopic (exact) mass is 235 g/mol. The summed E-state index contributed by atoms with van der Waals surface area (Å²) < 4.78 is 1.88. The molecule has 1 fully saturated rings. The number of rotatable bonds is 4. The molecule has 0 bridgehead atoms. The second kappa shape index (κ2) is 5.67. The molecule has 3 heteroatoms. The van der Waals surface area contributed by atoms with E-state index in [1.54, 1.807) is 0 Å². The molecule has 1 heterocycles. The number of nitrogens with one attached hydrogen (secondary N) is 1. The second-order valence-corrected chi connectivity index (χ2v) is 5.60. The Bertz CT molecular complexity index is 345. The fourth-order valence-corrected chi connectivity index (χ4v) is 2.87. The van der Waals surface area contributed by atoms with E-state index < -0.39 is 0 Å². The first kappa shape index (κ1) is 12.6. The summed E-state index contributed by atoms with van der Waals surface area (Å²) in [6.07, 6.45) is 9.30. The number of aryl methyl sites for hydroxylation is 1. The van der Waals surface area contributed by atoms with Crippen molar-refractivity contribution >= 4 is 0 Å². The van der Waals surface area contributed by atoms with E-state index in [4.69, 9.17) is 0 Å². The van der Waals surface area contributed by atoms with Gasteiger partial charge in [0.05, 0.1) is 6.20 Å². The molecule has 3 unspecified atom stereocenters. The minimum absolute atomic E-state index is 0.718. The first-order valence-electron chi connectivity index (χ1n) is 6.87. The van der Waals surface area contributed by atoms with Gasteiger partial charge in [-0.25, -0.2) is 0 Å². The van der Waals surface area contributed by atoms with Crippen LogP contribution in [0.2, 0.25) is 0 Å². The third-order valence-electron chi connectivity index (χ3n) is 4.29. The summed E-state index contributed by atoms with van der Waals surface area (Å²) in [4.78, 5) is 0. The van der Waals surface area contributed by atoms with E-state index in [0.717, 1.165) is 30.8 Å². The molecular formula is C14H25N3. The summed E-state index contributed by atoms with van der Waals surface area (Å²) in [7, 11) is 1.97. The van der Waals surface area contributed by atoms with Crippen molar-refractivity contribution in [1.82, 2.24) is 15.1 Å². The van der Waals surface area contributed by atoms with Crippen LogP contribution in [-0.4, -0.2) is 22.4 Å². The largest absolute Gasteiger partial charge is 0.313 e. The SMILES string of the molecule is CC1CCCC(NCCc2cnn(C)c2)C1C. The second-order valence-electron chi connectivity index (χ2n) is 5.60. The molecule has 0 amide bonds. The molecule has 1 aromatic heterocycles. The van der Waals surface area contributed by atoms with Gasteiger partial charge in [-0.15, -0.1) is 0 Å². The van der Waals surface area contributed by atoms with Crippen LogP contribution in [0.3, 0.4) is 0 Å². The van der Waals surface area contributed by atoms with Gasteiger partial charge in [-0.2, -0.15) is 5.10 Å². The number of hydrogen-bond acceptors (Lipinski definition) is 2. The minimum atomic E-state index is 0.718. The topological polar surface area (TPSA) is 29.9 Å². The summed E-state index contributed by atoms with van der Waals surface area (Å²) in [5.74, 6) is 1.69. The van der Waals surface area contributed by atoms with Gasteiger partial charge in [0, 0.05) is 19.3 Å². The van der Waals surface area contributed by atoms with Gasteiger partial charge in [0.2, 0.25) is 0 Å². The van der Waals surface area contributed by atoms with Crippen LogP contribution in [0.15, 0.2) is 12.4 Å². The van der Waals surface area contributed by atoms with Crippen LogP contribution >= 0.6 is 0 Å². The highest BCUT2D eigenvalue weighted by Crippen LogP contribution is 2.29. The van der Waals surface area contributed by atoms with Crippen LogP contribution in [0, 0.1) is 11.8 Å². The van der Waals surface area contributed by atoms with E-state index in [2.05, 4.69) is 30.5 Å². The maximum absolute atomic E-state index is 4.20. The van der Waals surface area contributed by atoms with Crippen LogP contribution in [0.25, 0.3) is 0 Å². The highest BCUT2D eigenvalue weighted by Gasteiger charge is 2.26. The van der Waals surface area contributed by atoms with E-state index in [-0.39, 0.29) is 0 Å². The van der Waals surface area contributed by atoms with Gasteiger partial charge in [0.25, 0.3) is 0 Å². The van der Waals surface area contributed by atoms with Gasteiger partial charge in [0.1, 0.15) is 0 Å². The quantitative estimate of drug-likeness (QED) is 0.868. The number of nitrogens with zero attached hydrogens (tertiary/aromatic N) is 2. The summed E-state index contributed by atoms with van der Waals surface area (Å²) in [5, 5.41) is 7.92. The normalized spacial score (nSPS) is 29.5. The Balaban J connectivity index is 1.74. The molecule has 0 saturated heterocycles. The van der Waals surface area contributed by atoms with E-state index in [1.165, 1.54) is 24.8 Å². The molecule has 1 saturated carbocycles. The molecule has 17 heavy (non-hydrogen) atoms. The van der Waals surface area contributed by atoms with Gasteiger partial charge >= 0.3 is 0 Å². The maximum atomic E-state index is 4.20. The molecule has 0 radical (unpaired) electrons. The Labute approximate surface area is 105 Å². The fraction of sp³-hybridized carbons (Fsp3) is 0.786. The molecule has 1 aromatic rings. The van der Waals surface area contributed by atoms with Crippen LogP contribution in [0.5, 0.6) is 0 Å². The highest BCUT2D eigenvalue weighted by molar-refractivity contribution is 5.04. The molecule has 0 aliphatic heterocycles. The molecule has 3 nitrogen and oxygen atoms in total. The van der Waals surface area contributed by atoms with E-state index in [9.17, 15) is 0 Å². The molecule has 1 N–H and O–H groups in total. The smallest absolute Gasteiger partial charge is 0.0522 e. The summed E-state index contributed by atoms with van der Waals surface area (Å²) in [6.45, 7) is 5.86. The van der Waals surface area contributed by atoms with E-state index >= 15 is 0 Å². The van der Waals surface area contributed by atoms with E-state index in [0.29, 0.717) is 0 Å². The average molecular weight is 235 g/mol. The average Bonchev–Trinajstić information content (AvgIpc) is 2.70. The lowest BCUT2D eigenvalue weighted by atomic mass is 9.78. The van der Waals surface area contributed by atoms with Crippen molar-refractivity contribution in [2.75, 3.05) is 6.54 Å². The van der Waals surface area contributed by atoms with Crippen LogP contribution in [0.1, 0.15) is 38.7 Å². The zero-order valence-electron chi connectivity index (χ0n) is 11.3. The van der Waals surface area contributed by atoms with Crippen molar-refractivity contribution in [1.29, 1.82) is 0 Å². The van der Waals surface area contributed by atoms with Crippen LogP contribution in [-0.2, 0) is 13.5 Å². The van der Waals surface area contributed by atoms with Crippen molar-refractivity contribution in [3.63, 3.8) is 0 Å². The van der Waals surface area contributed by atoms with Crippen molar-refractivity contribution in [3.8, 4) is 0 Å². The molecule has 2 rings (SSSR count). The summed E-state index contributed by atoms with van der Waals surface area (Å²) in [5.41, 5.74) is 1.33. The molecule has 0 spiro atoms. The van der Waals surface area contributed by atoms with Crippen LogP contribution < -0.4 is 5.32 Å². The predicted molar refractivity (Wildman–Crippen MR) is 70.9 cm³/mol. The molecule has 1 aliphatic rings. The molecular weight excluding hydrogens is 210 g/mol. The minimum Gasteiger partial charge on any atom is -0.313 e. The lowest BCUT2D eigenvalue weighted by Crippen LogP contribution is -2.41. The number of hydrogen-bond donors (Lipinski definition) is 1. The third kappa shape index (κ3) is 3.32. The first-order valence-corrected chi connectivity index (χ1v) is 6.87. The van der Waals surface area contributed by atoms with Gasteiger partial charge in [0.15, 0.2) is 0 Å². The molecule has 0 aromatic carbocycles. The van der Waals surface area contributed by atoms with Crippen LogP contribution in [0.4, 0.5) is 0 Å². The van der Waals surface area contributed by atoms with Gasteiger partial charge in [-0.05, 0) is 36.8 Å². The first-order chi connectivity index (χ1) is 8.16.